The lowest BCUT2D eigenvalue weighted by Gasteiger charge is -2.39. The Morgan fingerprint density at radius 1 is 0.857 bits per heavy atom. The van der Waals surface area contributed by atoms with Crippen molar-refractivity contribution in [3.8, 4) is 5.75 Å². The number of carbonyl (C=O) groups excluding carboxylic acids is 4. The third-order valence-corrected chi connectivity index (χ3v) is 13.3. The summed E-state index contributed by atoms with van der Waals surface area (Å²) < 4.78 is 7.63. The van der Waals surface area contributed by atoms with Crippen molar-refractivity contribution in [1.82, 2.24) is 39.5 Å². The summed E-state index contributed by atoms with van der Waals surface area (Å²) in [6.07, 6.45) is 7.97. The van der Waals surface area contributed by atoms with Crippen molar-refractivity contribution in [3.63, 3.8) is 0 Å². The molecule has 0 spiro atoms. The fourth-order valence-electron chi connectivity index (χ4n) is 9.87. The first-order chi connectivity index (χ1) is 29.6. The molecular formula is C44H55Cl2N11O6. The summed E-state index contributed by atoms with van der Waals surface area (Å²) in [5.74, 6) is 0.476. The number of ether oxygens (including phenoxy) is 1. The van der Waals surface area contributed by atoms with E-state index in [0.717, 1.165) is 108 Å². The number of imide groups is 1. The van der Waals surface area contributed by atoms with Crippen LogP contribution in [0.1, 0.15) is 83.3 Å². The number of benzene rings is 1. The Hall–Kier alpha value is -5.36. The predicted molar refractivity (Wildman–Crippen MR) is 244 cm³/mol. The Labute approximate surface area is 378 Å². The second-order valence-corrected chi connectivity index (χ2v) is 16.8. The average molecular weight is 905 g/mol. The molecule has 0 radical (unpaired) electrons. The third-order valence-electron chi connectivity index (χ3n) is 13.3. The van der Waals surface area contributed by atoms with Crippen LogP contribution in [-0.4, -0.2) is 136 Å². The SMILES string of the molecule is COc1c(N2CCN(CCN3CCN(c4ccc(Nc5ncc6c(C)c(C(C)=O)c(=O)n(C7CCCC7)c6n5)nc4)CC3)CC2)ccc2c1CN(C1CCC(=O)NC1=O)C2=O.Cl.Cl. The zero-order chi connectivity index (χ0) is 42.4. The molecule has 1 aliphatic carbocycles. The van der Waals surface area contributed by atoms with Crippen LogP contribution >= 0.6 is 24.8 Å². The van der Waals surface area contributed by atoms with Gasteiger partial charge in [-0.15, -0.1) is 24.8 Å². The molecule has 9 rings (SSSR count). The van der Waals surface area contributed by atoms with Gasteiger partial charge in [0.15, 0.2) is 5.78 Å². The number of halogens is 2. The number of piperazine rings is 2. The van der Waals surface area contributed by atoms with Gasteiger partial charge in [-0.2, -0.15) is 4.98 Å². The number of aryl methyl sites for hydroxylation is 1. The van der Waals surface area contributed by atoms with Gasteiger partial charge in [-0.05, 0) is 62.9 Å². The van der Waals surface area contributed by atoms with E-state index in [1.54, 1.807) is 29.7 Å². The summed E-state index contributed by atoms with van der Waals surface area (Å²) in [5, 5.41) is 6.31. The van der Waals surface area contributed by atoms with Crippen molar-refractivity contribution in [2.24, 2.45) is 0 Å². The highest BCUT2D eigenvalue weighted by Gasteiger charge is 2.41. The number of rotatable bonds is 11. The zero-order valence-corrected chi connectivity index (χ0v) is 37.6. The molecule has 7 heterocycles. The minimum absolute atomic E-state index is 0. The van der Waals surface area contributed by atoms with Gasteiger partial charge in [0.05, 0.1) is 36.8 Å². The van der Waals surface area contributed by atoms with E-state index >= 15 is 0 Å². The van der Waals surface area contributed by atoms with Crippen LogP contribution in [0.25, 0.3) is 11.0 Å². The number of fused-ring (bicyclic) bond motifs is 2. The molecule has 1 atom stereocenters. The molecule has 63 heavy (non-hydrogen) atoms. The number of carbonyl (C=O) groups is 4. The lowest BCUT2D eigenvalue weighted by atomic mass is 10.0. The Balaban J connectivity index is 0.00000298. The van der Waals surface area contributed by atoms with Crippen LogP contribution in [0.15, 0.2) is 41.5 Å². The quantitative estimate of drug-likeness (QED) is 0.162. The van der Waals surface area contributed by atoms with E-state index in [4.69, 9.17) is 9.72 Å². The minimum atomic E-state index is -0.663. The topological polar surface area (TPSA) is 178 Å². The summed E-state index contributed by atoms with van der Waals surface area (Å²) in [4.78, 5) is 89.0. The largest absolute Gasteiger partial charge is 0.494 e. The fourth-order valence-corrected chi connectivity index (χ4v) is 9.87. The van der Waals surface area contributed by atoms with Crippen LogP contribution in [0.3, 0.4) is 0 Å². The molecule has 4 fully saturated rings. The molecule has 0 bridgehead atoms. The lowest BCUT2D eigenvalue weighted by molar-refractivity contribution is -0.136. The number of ketones is 1. The van der Waals surface area contributed by atoms with Crippen molar-refractivity contribution in [1.29, 1.82) is 0 Å². The number of amides is 3. The molecular weight excluding hydrogens is 849 g/mol. The number of nitrogens with one attached hydrogen (secondary N) is 2. The molecule has 19 heteroatoms. The predicted octanol–water partition coefficient (Wildman–Crippen LogP) is 4.11. The van der Waals surface area contributed by atoms with Crippen molar-refractivity contribution in [2.75, 3.05) is 87.7 Å². The molecule has 17 nitrogen and oxygen atoms in total. The number of nitrogens with zero attached hydrogens (tertiary/aromatic N) is 9. The van der Waals surface area contributed by atoms with E-state index < -0.39 is 11.9 Å². The highest BCUT2D eigenvalue weighted by Crippen LogP contribution is 2.40. The van der Waals surface area contributed by atoms with Crippen molar-refractivity contribution in [2.45, 2.75) is 71.0 Å². The van der Waals surface area contributed by atoms with Gasteiger partial charge in [-0.3, -0.25) is 43.7 Å². The monoisotopic (exact) mass is 903 g/mol. The highest BCUT2D eigenvalue weighted by molar-refractivity contribution is 6.06. The zero-order valence-electron chi connectivity index (χ0n) is 35.9. The maximum absolute atomic E-state index is 13.6. The number of pyridine rings is 2. The van der Waals surface area contributed by atoms with E-state index in [9.17, 15) is 24.0 Å². The van der Waals surface area contributed by atoms with Crippen LogP contribution in [-0.2, 0) is 16.1 Å². The smallest absolute Gasteiger partial charge is 0.263 e. The second-order valence-electron chi connectivity index (χ2n) is 16.8. The Bertz CT molecular complexity index is 2450. The van der Waals surface area contributed by atoms with Gasteiger partial charge in [0.1, 0.15) is 23.3 Å². The minimum Gasteiger partial charge on any atom is -0.494 e. The van der Waals surface area contributed by atoms with Crippen LogP contribution in [0.2, 0.25) is 0 Å². The van der Waals surface area contributed by atoms with Crippen LogP contribution in [0.4, 0.5) is 23.1 Å². The summed E-state index contributed by atoms with van der Waals surface area (Å²) >= 11 is 0. The molecule has 4 aliphatic heterocycles. The normalized spacial score (nSPS) is 19.8. The molecule has 3 amide bonds. The number of hydrogen-bond donors (Lipinski definition) is 2. The maximum atomic E-state index is 13.6. The van der Waals surface area contributed by atoms with Crippen LogP contribution in [0, 0.1) is 6.92 Å². The summed E-state index contributed by atoms with van der Waals surface area (Å²) in [6, 6.07) is 7.15. The second kappa shape index (κ2) is 19.2. The third kappa shape index (κ3) is 8.93. The Morgan fingerprint density at radius 3 is 2.16 bits per heavy atom. The van der Waals surface area contributed by atoms with Gasteiger partial charge in [0, 0.05) is 101 Å². The Kier molecular flexibility index (Phi) is 13.9. The van der Waals surface area contributed by atoms with Crippen molar-refractivity contribution in [3.05, 3.63) is 69.3 Å². The molecule has 5 aliphatic rings. The van der Waals surface area contributed by atoms with Gasteiger partial charge < -0.3 is 24.8 Å². The molecule has 4 aromatic rings. The van der Waals surface area contributed by atoms with E-state index in [2.05, 4.69) is 46.3 Å². The first-order valence-electron chi connectivity index (χ1n) is 21.5. The first-order valence-corrected chi connectivity index (χ1v) is 21.5. The summed E-state index contributed by atoms with van der Waals surface area (Å²) in [6.45, 7) is 12.7. The fraction of sp³-hybridized carbons (Fsp3) is 0.500. The van der Waals surface area contributed by atoms with Crippen molar-refractivity contribution < 1.29 is 23.9 Å². The van der Waals surface area contributed by atoms with Gasteiger partial charge in [0.25, 0.3) is 11.5 Å². The van der Waals surface area contributed by atoms with E-state index in [-0.39, 0.29) is 72.5 Å². The van der Waals surface area contributed by atoms with E-state index in [1.165, 1.54) is 6.92 Å². The standard InChI is InChI=1S/C44H53N11O6.2ClH/c1-27-32-25-46-44(49-40(32)55(29-6-4-5-7-29)43(60)38(27)28(2)56)47-36-12-8-30(24-45-36)52-20-16-50(17-21-52)14-15-51-18-22-53(23-19-51)34-10-9-31-33(39(34)61-3)26-54(42(31)59)35-11-13-37(57)48-41(35)58;;/h8-10,12,24-25,29,35H,4-7,11,13-23,26H2,1-3H3,(H,48,57,58)(H,45,46,47,49);2*1H. The Morgan fingerprint density at radius 2 is 1.54 bits per heavy atom. The van der Waals surface area contributed by atoms with Crippen LogP contribution in [0.5, 0.6) is 5.75 Å². The van der Waals surface area contributed by atoms with Crippen LogP contribution < -0.4 is 30.7 Å². The molecule has 336 valence electrons. The molecule has 1 unspecified atom stereocenters. The maximum Gasteiger partial charge on any atom is 0.263 e. The molecule has 2 N–H and O–H groups in total. The highest BCUT2D eigenvalue weighted by atomic mass is 35.5. The summed E-state index contributed by atoms with van der Waals surface area (Å²) in [5.41, 5.74) is 4.48. The number of piperidine rings is 1. The number of anilines is 4. The molecule has 3 saturated heterocycles. The number of aromatic nitrogens is 4. The van der Waals surface area contributed by atoms with Gasteiger partial charge in [0.2, 0.25) is 17.8 Å². The van der Waals surface area contributed by atoms with Crippen molar-refractivity contribution >= 4 is 82.5 Å². The number of methoxy groups -OCH3 is 1. The van der Waals surface area contributed by atoms with E-state index in [1.807, 2.05) is 24.4 Å². The van der Waals surface area contributed by atoms with Gasteiger partial charge in [-0.25, -0.2) is 9.97 Å². The number of hydrogen-bond acceptors (Lipinski definition) is 14. The summed E-state index contributed by atoms with van der Waals surface area (Å²) in [7, 11) is 1.63. The van der Waals surface area contributed by atoms with Gasteiger partial charge in [-0.1, -0.05) is 12.8 Å². The first kappa shape index (κ1) is 45.7. The average Bonchev–Trinajstić information content (AvgIpc) is 3.91. The molecule has 1 saturated carbocycles. The molecule has 1 aromatic carbocycles. The lowest BCUT2D eigenvalue weighted by Crippen LogP contribution is -2.52. The van der Waals surface area contributed by atoms with E-state index in [0.29, 0.717) is 46.1 Å². The molecule has 3 aromatic heterocycles. The number of Topliss-reactive ketones (excluding diaryl/α,β-unsaturated/α-hetero) is 1. The van der Waals surface area contributed by atoms with Gasteiger partial charge >= 0.3 is 0 Å².